The monoisotopic (exact) mass is 451 g/mol. The van der Waals surface area contributed by atoms with Crippen molar-refractivity contribution in [2.45, 2.75) is 13.3 Å². The van der Waals surface area contributed by atoms with Gasteiger partial charge in [0.05, 0.1) is 20.3 Å². The van der Waals surface area contributed by atoms with Gasteiger partial charge in [-0.25, -0.2) is 9.59 Å². The van der Waals surface area contributed by atoms with E-state index in [0.29, 0.717) is 35.5 Å². The van der Waals surface area contributed by atoms with Crippen molar-refractivity contribution in [3.8, 4) is 11.5 Å². The molecule has 3 aromatic rings. The fourth-order valence-electron chi connectivity index (χ4n) is 3.04. The van der Waals surface area contributed by atoms with E-state index in [4.69, 9.17) is 18.6 Å². The summed E-state index contributed by atoms with van der Waals surface area (Å²) in [6.07, 6.45) is 3.32. The molecule has 0 saturated carbocycles. The van der Waals surface area contributed by atoms with Crippen LogP contribution >= 0.6 is 0 Å². The van der Waals surface area contributed by atoms with Crippen LogP contribution in [0.1, 0.15) is 29.3 Å². The number of benzene rings is 2. The maximum absolute atomic E-state index is 12.3. The van der Waals surface area contributed by atoms with Crippen LogP contribution in [0, 0.1) is 0 Å². The summed E-state index contributed by atoms with van der Waals surface area (Å²) in [4.78, 5) is 36.2. The number of methoxy groups -OCH3 is 1. The Morgan fingerprint density at radius 3 is 2.70 bits per heavy atom. The Kier molecular flexibility index (Phi) is 8.24. The van der Waals surface area contributed by atoms with E-state index >= 15 is 0 Å². The van der Waals surface area contributed by atoms with Crippen LogP contribution in [-0.4, -0.2) is 38.7 Å². The zero-order valence-electron chi connectivity index (χ0n) is 18.5. The van der Waals surface area contributed by atoms with Gasteiger partial charge in [0.1, 0.15) is 11.1 Å². The minimum Gasteiger partial charge on any atom is -0.493 e. The Hall–Kier alpha value is -4.07. The molecule has 2 aromatic carbocycles. The second-order valence-electron chi connectivity index (χ2n) is 6.94. The summed E-state index contributed by atoms with van der Waals surface area (Å²) in [6.45, 7) is 2.75. The first-order valence-corrected chi connectivity index (χ1v) is 10.5. The van der Waals surface area contributed by atoms with Gasteiger partial charge in [-0.05, 0) is 49.2 Å². The Bertz CT molecular complexity index is 1210. The third kappa shape index (κ3) is 6.46. The van der Waals surface area contributed by atoms with E-state index in [1.165, 1.54) is 12.1 Å². The smallest absolute Gasteiger partial charge is 0.349 e. The highest BCUT2D eigenvalue weighted by atomic mass is 16.5. The van der Waals surface area contributed by atoms with Crippen LogP contribution in [0.2, 0.25) is 0 Å². The molecule has 0 aliphatic heterocycles. The van der Waals surface area contributed by atoms with Crippen LogP contribution in [0.15, 0.2) is 63.8 Å². The molecule has 0 saturated heterocycles. The SMILES string of the molecule is CCOc1ccc(/C=C/C(=O)OCCCNC(=O)c2cc3ccccc3oc2=O)cc1OC. The number of esters is 1. The van der Waals surface area contributed by atoms with Gasteiger partial charge in [-0.3, -0.25) is 4.79 Å². The van der Waals surface area contributed by atoms with Crippen molar-refractivity contribution in [2.24, 2.45) is 0 Å². The summed E-state index contributed by atoms with van der Waals surface area (Å²) in [5, 5.41) is 3.29. The molecule has 3 rings (SSSR count). The first-order valence-electron chi connectivity index (χ1n) is 10.5. The zero-order chi connectivity index (χ0) is 23.6. The van der Waals surface area contributed by atoms with E-state index < -0.39 is 17.5 Å². The van der Waals surface area contributed by atoms with Crippen LogP contribution < -0.4 is 20.4 Å². The maximum atomic E-state index is 12.3. The Labute approximate surface area is 190 Å². The van der Waals surface area contributed by atoms with E-state index in [2.05, 4.69) is 5.32 Å². The molecule has 1 amide bonds. The van der Waals surface area contributed by atoms with Crippen molar-refractivity contribution in [2.75, 3.05) is 26.9 Å². The number of amides is 1. The molecule has 1 aromatic heterocycles. The number of ether oxygens (including phenoxy) is 3. The lowest BCUT2D eigenvalue weighted by molar-refractivity contribution is -0.137. The molecule has 33 heavy (non-hydrogen) atoms. The number of para-hydroxylation sites is 1. The van der Waals surface area contributed by atoms with E-state index in [-0.39, 0.29) is 18.7 Å². The minimum atomic E-state index is -0.700. The molecule has 172 valence electrons. The Morgan fingerprint density at radius 1 is 1.09 bits per heavy atom. The van der Waals surface area contributed by atoms with Crippen LogP contribution in [0.5, 0.6) is 11.5 Å². The van der Waals surface area contributed by atoms with Crippen LogP contribution in [-0.2, 0) is 9.53 Å². The van der Waals surface area contributed by atoms with Gasteiger partial charge in [-0.15, -0.1) is 0 Å². The number of hydrogen-bond acceptors (Lipinski definition) is 7. The number of carbonyl (C=O) groups is 2. The fourth-order valence-corrected chi connectivity index (χ4v) is 3.04. The molecule has 0 bridgehead atoms. The summed E-state index contributed by atoms with van der Waals surface area (Å²) in [5.41, 5.74) is 0.407. The van der Waals surface area contributed by atoms with E-state index in [1.807, 2.05) is 6.92 Å². The topological polar surface area (TPSA) is 104 Å². The molecule has 0 radical (unpaired) electrons. The first-order chi connectivity index (χ1) is 16.0. The second-order valence-corrected chi connectivity index (χ2v) is 6.94. The van der Waals surface area contributed by atoms with Crippen molar-refractivity contribution in [1.82, 2.24) is 5.32 Å². The number of rotatable bonds is 10. The van der Waals surface area contributed by atoms with Crippen molar-refractivity contribution >= 4 is 28.9 Å². The number of nitrogens with one attached hydrogen (secondary N) is 1. The van der Waals surface area contributed by atoms with Crippen molar-refractivity contribution in [1.29, 1.82) is 0 Å². The number of fused-ring (bicyclic) bond motifs is 1. The average Bonchev–Trinajstić information content (AvgIpc) is 2.82. The van der Waals surface area contributed by atoms with Crippen molar-refractivity contribution in [3.63, 3.8) is 0 Å². The van der Waals surface area contributed by atoms with Crippen LogP contribution in [0.25, 0.3) is 17.0 Å². The molecular formula is C25H25NO7. The second kappa shape index (κ2) is 11.5. The molecule has 1 heterocycles. The summed E-state index contributed by atoms with van der Waals surface area (Å²) < 4.78 is 21.0. The minimum absolute atomic E-state index is 0.0700. The Morgan fingerprint density at radius 2 is 1.91 bits per heavy atom. The Balaban J connectivity index is 1.44. The predicted molar refractivity (Wildman–Crippen MR) is 124 cm³/mol. The highest BCUT2D eigenvalue weighted by molar-refractivity contribution is 5.96. The zero-order valence-corrected chi connectivity index (χ0v) is 18.5. The lowest BCUT2D eigenvalue weighted by atomic mass is 10.2. The van der Waals surface area contributed by atoms with Crippen LogP contribution in [0.3, 0.4) is 0 Å². The highest BCUT2D eigenvalue weighted by Gasteiger charge is 2.13. The lowest BCUT2D eigenvalue weighted by Crippen LogP contribution is -2.29. The lowest BCUT2D eigenvalue weighted by Gasteiger charge is -2.09. The predicted octanol–water partition coefficient (Wildman–Crippen LogP) is 3.58. The van der Waals surface area contributed by atoms with Gasteiger partial charge < -0.3 is 23.9 Å². The van der Waals surface area contributed by atoms with Gasteiger partial charge in [0.15, 0.2) is 11.5 Å². The molecule has 8 nitrogen and oxygen atoms in total. The number of carbonyl (C=O) groups excluding carboxylic acids is 2. The first kappa shape index (κ1) is 23.6. The molecule has 1 N–H and O–H groups in total. The third-order valence-corrected chi connectivity index (χ3v) is 4.64. The summed E-state index contributed by atoms with van der Waals surface area (Å²) in [6, 6.07) is 13.8. The maximum Gasteiger partial charge on any atom is 0.349 e. The standard InChI is InChI=1S/C25H25NO7/c1-3-31-21-11-9-17(15-22(21)30-2)10-12-23(27)32-14-6-13-26-24(28)19-16-18-7-4-5-8-20(18)33-25(19)29/h4-5,7-12,15-16H,3,6,13-14H2,1-2H3,(H,26,28)/b12-10+. The molecule has 0 fully saturated rings. The van der Waals surface area contributed by atoms with Crippen molar-refractivity contribution in [3.05, 3.63) is 76.2 Å². The third-order valence-electron chi connectivity index (χ3n) is 4.64. The van der Waals surface area contributed by atoms with E-state index in [9.17, 15) is 14.4 Å². The quantitative estimate of drug-likeness (QED) is 0.217. The van der Waals surface area contributed by atoms with Gasteiger partial charge in [-0.2, -0.15) is 0 Å². The van der Waals surface area contributed by atoms with Gasteiger partial charge in [0.25, 0.3) is 5.91 Å². The highest BCUT2D eigenvalue weighted by Crippen LogP contribution is 2.28. The van der Waals surface area contributed by atoms with Crippen LogP contribution in [0.4, 0.5) is 0 Å². The van der Waals surface area contributed by atoms with Gasteiger partial charge in [0.2, 0.25) is 0 Å². The molecule has 0 aliphatic rings. The summed E-state index contributed by atoms with van der Waals surface area (Å²) >= 11 is 0. The van der Waals surface area contributed by atoms with Gasteiger partial charge in [0, 0.05) is 18.0 Å². The summed E-state index contributed by atoms with van der Waals surface area (Å²) in [7, 11) is 1.55. The summed E-state index contributed by atoms with van der Waals surface area (Å²) in [5.74, 6) is 0.154. The molecule has 0 atom stereocenters. The van der Waals surface area contributed by atoms with Gasteiger partial charge >= 0.3 is 11.6 Å². The number of hydrogen-bond donors (Lipinski definition) is 1. The molecule has 0 spiro atoms. The largest absolute Gasteiger partial charge is 0.493 e. The van der Waals surface area contributed by atoms with Gasteiger partial charge in [-0.1, -0.05) is 24.3 Å². The molecular weight excluding hydrogens is 426 g/mol. The normalized spacial score (nSPS) is 10.8. The van der Waals surface area contributed by atoms with E-state index in [0.717, 1.165) is 5.56 Å². The average molecular weight is 451 g/mol. The molecule has 8 heteroatoms. The van der Waals surface area contributed by atoms with Crippen molar-refractivity contribution < 1.29 is 28.2 Å². The molecule has 0 aliphatic carbocycles. The van der Waals surface area contributed by atoms with E-state index in [1.54, 1.807) is 55.7 Å². The fraction of sp³-hybridized carbons (Fsp3) is 0.240. The molecule has 0 unspecified atom stereocenters.